The summed E-state index contributed by atoms with van der Waals surface area (Å²) in [5, 5.41) is 0. The zero-order chi connectivity index (χ0) is 12.8. The molecule has 1 aromatic rings. The minimum atomic E-state index is -0.509. The second-order valence-electron chi connectivity index (χ2n) is 3.90. The van der Waals surface area contributed by atoms with Gasteiger partial charge in [0.2, 0.25) is 11.7 Å². The van der Waals surface area contributed by atoms with E-state index in [0.29, 0.717) is 6.61 Å². The van der Waals surface area contributed by atoms with Crippen molar-refractivity contribution >= 4 is 5.78 Å². The fourth-order valence-electron chi connectivity index (χ4n) is 1.53. The molecule has 94 valence electrons. The fourth-order valence-corrected chi connectivity index (χ4v) is 1.53. The number of carbonyl (C=O) groups excluding carboxylic acids is 1. The second-order valence-corrected chi connectivity index (χ2v) is 3.90. The van der Waals surface area contributed by atoms with Gasteiger partial charge in [0.1, 0.15) is 6.10 Å². The lowest BCUT2D eigenvalue weighted by Gasteiger charge is -2.19. The molecule has 1 heterocycles. The van der Waals surface area contributed by atoms with E-state index in [1.165, 1.54) is 19.5 Å². The molecule has 0 amide bonds. The average Bonchev–Trinajstić information content (AvgIpc) is 2.34. The van der Waals surface area contributed by atoms with E-state index in [-0.39, 0.29) is 23.3 Å². The maximum Gasteiger partial charge on any atom is 0.243 e. The Bertz CT molecular complexity index is 380. The number of hydrogen-bond acceptors (Lipinski definition) is 5. The van der Waals surface area contributed by atoms with Crippen molar-refractivity contribution in [2.45, 2.75) is 26.9 Å². The Morgan fingerprint density at radius 3 is 2.53 bits per heavy atom. The lowest BCUT2D eigenvalue weighted by molar-refractivity contribution is 0.0272. The van der Waals surface area contributed by atoms with Crippen LogP contribution in [-0.2, 0) is 4.74 Å². The topological polar surface area (TPSA) is 61.3 Å². The largest absolute Gasteiger partial charge is 0.479 e. The summed E-state index contributed by atoms with van der Waals surface area (Å²) in [6, 6.07) is 0. The first-order valence-corrected chi connectivity index (χ1v) is 5.62. The number of aromatic nitrogens is 2. The van der Waals surface area contributed by atoms with E-state index in [4.69, 9.17) is 9.47 Å². The summed E-state index contributed by atoms with van der Waals surface area (Å²) in [7, 11) is 1.46. The van der Waals surface area contributed by atoms with Gasteiger partial charge in [-0.05, 0) is 12.8 Å². The predicted octanol–water partition coefficient (Wildman–Crippen LogP) is 1.73. The van der Waals surface area contributed by atoms with E-state index < -0.39 is 6.10 Å². The van der Waals surface area contributed by atoms with E-state index in [2.05, 4.69) is 9.97 Å². The first-order valence-electron chi connectivity index (χ1n) is 5.62. The number of nitrogens with zero attached hydrogens (tertiary/aromatic N) is 2. The van der Waals surface area contributed by atoms with Crippen LogP contribution in [0.1, 0.15) is 31.3 Å². The molecule has 0 aliphatic heterocycles. The highest BCUT2D eigenvalue weighted by atomic mass is 16.5. The first kappa shape index (κ1) is 13.6. The maximum absolute atomic E-state index is 12.2. The molecule has 5 heteroatoms. The summed E-state index contributed by atoms with van der Waals surface area (Å²) in [5.41, 5.74) is 0.224. The molecule has 0 aliphatic carbocycles. The number of ether oxygens (including phenoxy) is 2. The van der Waals surface area contributed by atoms with Gasteiger partial charge < -0.3 is 9.47 Å². The summed E-state index contributed by atoms with van der Waals surface area (Å²) in [5.74, 6) is 0.129. The molecule has 1 atom stereocenters. The van der Waals surface area contributed by atoms with Crippen LogP contribution in [0.5, 0.6) is 5.88 Å². The molecule has 0 bridgehead atoms. The van der Waals surface area contributed by atoms with Crippen LogP contribution in [0.3, 0.4) is 0 Å². The van der Waals surface area contributed by atoms with Gasteiger partial charge in [-0.3, -0.25) is 4.79 Å². The lowest BCUT2D eigenvalue weighted by atomic mass is 10.0. The van der Waals surface area contributed by atoms with Crippen molar-refractivity contribution in [3.8, 4) is 5.88 Å². The van der Waals surface area contributed by atoms with Crippen LogP contribution in [0, 0.1) is 5.92 Å². The smallest absolute Gasteiger partial charge is 0.243 e. The van der Waals surface area contributed by atoms with Gasteiger partial charge >= 0.3 is 0 Å². The normalized spacial score (nSPS) is 12.5. The molecule has 0 N–H and O–H groups in total. The Balaban J connectivity index is 3.00. The van der Waals surface area contributed by atoms with Crippen LogP contribution in [0.25, 0.3) is 0 Å². The summed E-state index contributed by atoms with van der Waals surface area (Å²) in [6.07, 6.45) is 2.45. The van der Waals surface area contributed by atoms with Crippen molar-refractivity contribution in [3.63, 3.8) is 0 Å². The first-order chi connectivity index (χ1) is 8.11. The molecule has 0 aromatic carbocycles. The molecule has 1 unspecified atom stereocenters. The van der Waals surface area contributed by atoms with Crippen molar-refractivity contribution in [2.75, 3.05) is 13.7 Å². The molecular weight excluding hydrogens is 220 g/mol. The van der Waals surface area contributed by atoms with Crippen molar-refractivity contribution in [3.05, 3.63) is 18.1 Å². The van der Waals surface area contributed by atoms with Gasteiger partial charge in [-0.25, -0.2) is 9.97 Å². The van der Waals surface area contributed by atoms with Crippen LogP contribution >= 0.6 is 0 Å². The number of methoxy groups -OCH3 is 1. The maximum atomic E-state index is 12.2. The highest BCUT2D eigenvalue weighted by molar-refractivity contribution is 5.99. The quantitative estimate of drug-likeness (QED) is 0.706. The summed E-state index contributed by atoms with van der Waals surface area (Å²) in [4.78, 5) is 20.2. The number of carbonyl (C=O) groups is 1. The van der Waals surface area contributed by atoms with Crippen LogP contribution in [0.4, 0.5) is 0 Å². The van der Waals surface area contributed by atoms with E-state index in [1.54, 1.807) is 0 Å². The highest BCUT2D eigenvalue weighted by Gasteiger charge is 2.27. The van der Waals surface area contributed by atoms with Gasteiger partial charge in [0.05, 0.1) is 7.11 Å². The standard InChI is InChI=1S/C12H18N2O3/c1-5-17-11(8(2)3)10(15)9-12(16-4)14-7-6-13-9/h6-8,11H,5H2,1-4H3. The third-order valence-electron chi connectivity index (χ3n) is 2.30. The minimum Gasteiger partial charge on any atom is -0.479 e. The van der Waals surface area contributed by atoms with E-state index in [9.17, 15) is 4.79 Å². The predicted molar refractivity (Wildman–Crippen MR) is 63.2 cm³/mol. The number of hydrogen-bond donors (Lipinski definition) is 0. The zero-order valence-corrected chi connectivity index (χ0v) is 10.6. The van der Waals surface area contributed by atoms with Crippen LogP contribution in [0.15, 0.2) is 12.4 Å². The minimum absolute atomic E-state index is 0.0779. The average molecular weight is 238 g/mol. The molecule has 1 rings (SSSR count). The fraction of sp³-hybridized carbons (Fsp3) is 0.583. The molecule has 0 fully saturated rings. The van der Waals surface area contributed by atoms with Gasteiger partial charge in [0, 0.05) is 19.0 Å². The third kappa shape index (κ3) is 3.23. The summed E-state index contributed by atoms with van der Waals surface area (Å²) < 4.78 is 10.5. The number of rotatable bonds is 6. The number of Topliss-reactive ketones (excluding diaryl/α,β-unsaturated/α-hetero) is 1. The Morgan fingerprint density at radius 1 is 1.35 bits per heavy atom. The van der Waals surface area contributed by atoms with Gasteiger partial charge in [0.15, 0.2) is 5.69 Å². The van der Waals surface area contributed by atoms with Crippen LogP contribution in [0.2, 0.25) is 0 Å². The molecule has 0 saturated carbocycles. The highest BCUT2D eigenvalue weighted by Crippen LogP contribution is 2.18. The molecule has 0 aliphatic rings. The van der Waals surface area contributed by atoms with Gasteiger partial charge in [-0.15, -0.1) is 0 Å². The Morgan fingerprint density at radius 2 is 2.00 bits per heavy atom. The van der Waals surface area contributed by atoms with Gasteiger partial charge in [0.25, 0.3) is 0 Å². The molecule has 0 spiro atoms. The van der Waals surface area contributed by atoms with Crippen molar-refractivity contribution in [2.24, 2.45) is 5.92 Å². The van der Waals surface area contributed by atoms with E-state index in [0.717, 1.165) is 0 Å². The Hall–Kier alpha value is -1.49. The molecular formula is C12H18N2O3. The van der Waals surface area contributed by atoms with Crippen LogP contribution < -0.4 is 4.74 Å². The van der Waals surface area contributed by atoms with Crippen molar-refractivity contribution < 1.29 is 14.3 Å². The third-order valence-corrected chi connectivity index (χ3v) is 2.30. The summed E-state index contributed by atoms with van der Waals surface area (Å²) >= 11 is 0. The Labute approximate surface area is 101 Å². The van der Waals surface area contributed by atoms with Gasteiger partial charge in [-0.1, -0.05) is 13.8 Å². The summed E-state index contributed by atoms with van der Waals surface area (Å²) in [6.45, 7) is 6.20. The molecule has 0 saturated heterocycles. The second kappa shape index (κ2) is 6.30. The monoisotopic (exact) mass is 238 g/mol. The van der Waals surface area contributed by atoms with E-state index in [1.807, 2.05) is 20.8 Å². The molecule has 0 radical (unpaired) electrons. The SMILES string of the molecule is CCOC(C(=O)c1nccnc1OC)C(C)C. The van der Waals surface area contributed by atoms with E-state index >= 15 is 0 Å². The van der Waals surface area contributed by atoms with Crippen molar-refractivity contribution in [1.82, 2.24) is 9.97 Å². The number of ketones is 1. The van der Waals surface area contributed by atoms with Gasteiger partial charge in [-0.2, -0.15) is 0 Å². The molecule has 5 nitrogen and oxygen atoms in total. The Kier molecular flexibility index (Phi) is 5.03. The van der Waals surface area contributed by atoms with Crippen molar-refractivity contribution in [1.29, 1.82) is 0 Å². The molecule has 17 heavy (non-hydrogen) atoms. The van der Waals surface area contributed by atoms with Crippen LogP contribution in [-0.4, -0.2) is 35.6 Å². The molecule has 1 aromatic heterocycles. The lowest BCUT2D eigenvalue weighted by Crippen LogP contribution is -2.31. The zero-order valence-electron chi connectivity index (χ0n) is 10.6.